The first-order valence-electron chi connectivity index (χ1n) is 11.1. The molecule has 0 unspecified atom stereocenters. The molecular formula is C25H24FN3O4S4. The fraction of sp³-hybridized carbons (Fsp3) is 0.200. The Morgan fingerprint density at radius 2 is 1.84 bits per heavy atom. The number of allylic oxidation sites excluding steroid dienone is 1. The van der Waals surface area contributed by atoms with Crippen molar-refractivity contribution in [1.29, 1.82) is 0 Å². The molecule has 3 heterocycles. The zero-order valence-corrected chi connectivity index (χ0v) is 23.7. The molecular weight excluding hydrogens is 554 g/mol. The Labute approximate surface area is 225 Å². The van der Waals surface area contributed by atoms with Crippen LogP contribution in [0.15, 0.2) is 63.3 Å². The monoisotopic (exact) mass is 577 g/mol. The van der Waals surface area contributed by atoms with E-state index in [0.717, 1.165) is 24.9 Å². The molecule has 0 saturated carbocycles. The first kappa shape index (κ1) is 27.3. The maximum absolute atomic E-state index is 13.7. The zero-order chi connectivity index (χ0) is 26.9. The third kappa shape index (κ3) is 6.21. The Morgan fingerprint density at radius 3 is 2.51 bits per heavy atom. The summed E-state index contributed by atoms with van der Waals surface area (Å²) in [6.45, 7) is 2.57. The number of aryl methyl sites for hydroxylation is 1. The first-order valence-corrected chi connectivity index (χ1v) is 15.4. The van der Waals surface area contributed by atoms with Gasteiger partial charge in [0.15, 0.2) is 0 Å². The smallest absolute Gasteiger partial charge is 0.269 e. The van der Waals surface area contributed by atoms with Gasteiger partial charge in [-0.15, -0.1) is 11.3 Å². The van der Waals surface area contributed by atoms with Crippen LogP contribution in [0.25, 0.3) is 22.4 Å². The second-order valence-electron chi connectivity index (χ2n) is 8.11. The van der Waals surface area contributed by atoms with Crippen LogP contribution in [0.3, 0.4) is 0 Å². The van der Waals surface area contributed by atoms with Crippen LogP contribution >= 0.6 is 34.4 Å². The molecule has 0 N–H and O–H groups in total. The largest absolute Gasteiger partial charge is 0.748 e. The fourth-order valence-corrected chi connectivity index (χ4v) is 6.99. The summed E-state index contributed by atoms with van der Waals surface area (Å²) in [5, 5.41) is 2.06. The van der Waals surface area contributed by atoms with E-state index in [9.17, 15) is 9.18 Å². The quantitative estimate of drug-likeness (QED) is 0.275. The number of fused-ring (bicyclic) bond motifs is 2. The third-order valence-corrected chi connectivity index (χ3v) is 8.90. The molecule has 2 aromatic heterocycles. The molecule has 194 valence electrons. The maximum Gasteiger partial charge on any atom is 0.269 e. The van der Waals surface area contributed by atoms with Crippen LogP contribution in [0.5, 0.6) is 0 Å². The van der Waals surface area contributed by atoms with Gasteiger partial charge in [-0.25, -0.2) is 12.8 Å². The molecule has 0 bridgehead atoms. The zero-order valence-electron chi connectivity index (χ0n) is 20.5. The van der Waals surface area contributed by atoms with Crippen LogP contribution in [0.4, 0.5) is 10.1 Å². The highest BCUT2D eigenvalue weighted by Gasteiger charge is 2.20. The van der Waals surface area contributed by atoms with Crippen molar-refractivity contribution in [2.45, 2.75) is 18.4 Å². The highest BCUT2D eigenvalue weighted by Crippen LogP contribution is 2.44. The Bertz CT molecular complexity index is 1800. The number of anilines is 1. The topological polar surface area (TPSA) is 86.3 Å². The van der Waals surface area contributed by atoms with Gasteiger partial charge in [-0.1, -0.05) is 35.2 Å². The molecule has 5 rings (SSSR count). The van der Waals surface area contributed by atoms with Gasteiger partial charge in [-0.3, -0.25) is 9.36 Å². The van der Waals surface area contributed by atoms with E-state index in [-0.39, 0.29) is 11.4 Å². The van der Waals surface area contributed by atoms with Crippen molar-refractivity contribution < 1.29 is 21.9 Å². The average molecular weight is 578 g/mol. The van der Waals surface area contributed by atoms with E-state index in [4.69, 9.17) is 13.0 Å². The summed E-state index contributed by atoms with van der Waals surface area (Å²) < 4.78 is 47.3. The van der Waals surface area contributed by atoms with Gasteiger partial charge in [-0.05, 0) is 43.3 Å². The molecule has 4 aromatic rings. The lowest BCUT2D eigenvalue weighted by atomic mass is 10.3. The number of aromatic nitrogens is 2. The lowest BCUT2D eigenvalue weighted by Crippen LogP contribution is -2.32. The Kier molecular flexibility index (Phi) is 8.05. The van der Waals surface area contributed by atoms with E-state index < -0.39 is 10.1 Å². The number of hydrogen-bond donors (Lipinski definition) is 0. The number of benzene rings is 2. The summed E-state index contributed by atoms with van der Waals surface area (Å²) in [4.78, 5) is 16.4. The number of rotatable bonds is 3. The second-order valence-corrected chi connectivity index (χ2v) is 12.7. The number of para-hydroxylation sites is 1. The summed E-state index contributed by atoms with van der Waals surface area (Å²) in [7, 11) is 0.0507. The van der Waals surface area contributed by atoms with Gasteiger partial charge >= 0.3 is 0 Å². The van der Waals surface area contributed by atoms with Gasteiger partial charge in [0.1, 0.15) is 22.2 Å². The van der Waals surface area contributed by atoms with Gasteiger partial charge < -0.3 is 9.45 Å². The number of hydrogen-bond acceptors (Lipinski definition) is 8. The standard InChI is InChI=1S/C24H21FN3OS3.CH4O3S/c1-4-28-23(14-22-27(3)17-13-15(25)9-10-19(17)31-22)32-20(24(28)29)11-12-21-26(2)16-7-5-6-8-18(16)30-21;1-5(2,3)4/h5-14H,4H2,1-3H3;1H3,(H,2,3,4)/q+1;/p-1/b20-11-,21-12-;. The average Bonchev–Trinajstić information content (AvgIpc) is 3.43. The number of nitrogens with zero attached hydrogens (tertiary/aromatic N) is 3. The molecule has 1 aliphatic rings. The van der Waals surface area contributed by atoms with E-state index in [1.54, 1.807) is 39.8 Å². The van der Waals surface area contributed by atoms with Crippen molar-refractivity contribution in [2.75, 3.05) is 18.2 Å². The van der Waals surface area contributed by atoms with Crippen molar-refractivity contribution >= 4 is 72.6 Å². The molecule has 0 aliphatic carbocycles. The van der Waals surface area contributed by atoms with Crippen molar-refractivity contribution in [2.24, 2.45) is 7.05 Å². The van der Waals surface area contributed by atoms with E-state index in [1.165, 1.54) is 28.0 Å². The predicted molar refractivity (Wildman–Crippen MR) is 149 cm³/mol. The summed E-state index contributed by atoms with van der Waals surface area (Å²) in [6, 6.07) is 13.1. The lowest BCUT2D eigenvalue weighted by Gasteiger charge is -2.12. The van der Waals surface area contributed by atoms with Gasteiger partial charge in [0, 0.05) is 30.8 Å². The molecule has 0 saturated heterocycles. The molecule has 0 radical (unpaired) electrons. The van der Waals surface area contributed by atoms with Crippen LogP contribution in [-0.2, 0) is 23.7 Å². The fourth-order valence-electron chi connectivity index (χ4n) is 3.74. The summed E-state index contributed by atoms with van der Waals surface area (Å²) in [5.74, 6) is -0.249. The summed E-state index contributed by atoms with van der Waals surface area (Å²) in [6.07, 6.45) is 6.56. The third-order valence-electron chi connectivity index (χ3n) is 5.48. The van der Waals surface area contributed by atoms with E-state index in [0.29, 0.717) is 17.3 Å². The van der Waals surface area contributed by atoms with E-state index in [1.807, 2.05) is 55.9 Å². The molecule has 12 heteroatoms. The first-order chi connectivity index (χ1) is 17.5. The number of thioether (sulfide) groups is 1. The maximum atomic E-state index is 13.7. The van der Waals surface area contributed by atoms with Gasteiger partial charge in [0.05, 0.1) is 31.4 Å². The minimum absolute atomic E-state index is 0.0126. The minimum atomic E-state index is -3.92. The van der Waals surface area contributed by atoms with Crippen LogP contribution in [0.1, 0.15) is 11.9 Å². The molecule has 7 nitrogen and oxygen atoms in total. The van der Waals surface area contributed by atoms with E-state index in [2.05, 4.69) is 17.0 Å². The van der Waals surface area contributed by atoms with Crippen molar-refractivity contribution in [3.8, 4) is 0 Å². The number of thiazole rings is 2. The molecule has 2 aromatic carbocycles. The van der Waals surface area contributed by atoms with Crippen LogP contribution in [0.2, 0.25) is 0 Å². The Morgan fingerprint density at radius 1 is 1.14 bits per heavy atom. The summed E-state index contributed by atoms with van der Waals surface area (Å²) >= 11 is 4.78. The van der Waals surface area contributed by atoms with Gasteiger partial charge in [0.25, 0.3) is 10.6 Å². The highest BCUT2D eigenvalue weighted by atomic mass is 32.2. The highest BCUT2D eigenvalue weighted by molar-refractivity contribution is 8.03. The summed E-state index contributed by atoms with van der Waals surface area (Å²) in [5.41, 5.74) is 2.04. The molecule has 0 amide bonds. The van der Waals surface area contributed by atoms with Crippen LogP contribution in [-0.4, -0.2) is 30.8 Å². The van der Waals surface area contributed by atoms with Gasteiger partial charge in [-0.2, -0.15) is 4.57 Å². The van der Waals surface area contributed by atoms with Crippen molar-refractivity contribution in [3.05, 3.63) is 83.9 Å². The van der Waals surface area contributed by atoms with Crippen LogP contribution < -0.4 is 24.2 Å². The molecule has 0 atom stereocenters. The molecule has 37 heavy (non-hydrogen) atoms. The molecule has 0 fully saturated rings. The minimum Gasteiger partial charge on any atom is -0.748 e. The van der Waals surface area contributed by atoms with E-state index >= 15 is 0 Å². The predicted octanol–water partition coefficient (Wildman–Crippen LogP) is 2.96. The SMILES string of the molecule is CCn1c(=O)/c(=C/C=C2\Sc3ccccc3N2C)s/c1=C\c1sc2ccc(F)cc2[n+]1C.CS(=O)(=O)[O-]. The number of halogens is 1. The molecule has 1 aliphatic heterocycles. The normalized spacial score (nSPS) is 15.4. The van der Waals surface area contributed by atoms with Crippen LogP contribution in [0, 0.1) is 5.82 Å². The van der Waals surface area contributed by atoms with Gasteiger partial charge in [0.2, 0.25) is 5.52 Å². The molecule has 0 spiro atoms. The lowest BCUT2D eigenvalue weighted by molar-refractivity contribution is -0.642. The van der Waals surface area contributed by atoms with Crippen molar-refractivity contribution in [3.63, 3.8) is 0 Å². The second kappa shape index (κ2) is 10.9. The van der Waals surface area contributed by atoms with Crippen molar-refractivity contribution in [1.82, 2.24) is 4.57 Å². The Balaban J connectivity index is 0.000000586. The Hall–Kier alpha value is -2.77.